The Bertz CT molecular complexity index is 598. The summed E-state index contributed by atoms with van der Waals surface area (Å²) >= 11 is 0. The maximum atomic E-state index is 12.5. The van der Waals surface area contributed by atoms with Gasteiger partial charge in [-0.1, -0.05) is 26.0 Å². The molecule has 1 aliphatic carbocycles. The van der Waals surface area contributed by atoms with Crippen LogP contribution in [0.1, 0.15) is 43.1 Å². The molecule has 1 aromatic carbocycles. The van der Waals surface area contributed by atoms with Crippen LogP contribution in [0, 0.1) is 5.41 Å². The number of ether oxygens (including phenoxy) is 1. The molecule has 23 heavy (non-hydrogen) atoms. The average Bonchev–Trinajstić information content (AvgIpc) is 2.52. The molecule has 2 atom stereocenters. The molecule has 0 bridgehead atoms. The van der Waals surface area contributed by atoms with Crippen LogP contribution in [-0.4, -0.2) is 30.1 Å². The molecule has 2 amide bonds. The van der Waals surface area contributed by atoms with Crippen molar-refractivity contribution in [1.29, 1.82) is 0 Å². The second-order valence-electron chi connectivity index (χ2n) is 6.59. The van der Waals surface area contributed by atoms with Crippen molar-refractivity contribution in [3.05, 3.63) is 35.4 Å². The topological polar surface area (TPSA) is 107 Å². The minimum atomic E-state index is -0.931. The number of rotatable bonds is 6. The van der Waals surface area contributed by atoms with E-state index in [0.717, 1.165) is 5.56 Å². The van der Waals surface area contributed by atoms with Crippen molar-refractivity contribution in [3.8, 4) is 0 Å². The third kappa shape index (κ3) is 3.09. The maximum absolute atomic E-state index is 12.5. The number of carbonyl (C=O) groups is 2. The number of amides is 2. The van der Waals surface area contributed by atoms with Gasteiger partial charge in [-0.2, -0.15) is 0 Å². The van der Waals surface area contributed by atoms with Crippen molar-refractivity contribution >= 4 is 11.8 Å². The van der Waals surface area contributed by atoms with E-state index in [1.54, 1.807) is 24.3 Å². The first-order chi connectivity index (χ1) is 10.7. The van der Waals surface area contributed by atoms with E-state index in [4.69, 9.17) is 16.2 Å². The summed E-state index contributed by atoms with van der Waals surface area (Å²) < 4.78 is 5.63. The van der Waals surface area contributed by atoms with Gasteiger partial charge in [-0.15, -0.1) is 0 Å². The van der Waals surface area contributed by atoms with Crippen molar-refractivity contribution in [2.75, 3.05) is 6.61 Å². The number of nitrogens with two attached hydrogens (primary N) is 2. The van der Waals surface area contributed by atoms with Gasteiger partial charge in [0.1, 0.15) is 5.54 Å². The highest BCUT2D eigenvalue weighted by Crippen LogP contribution is 2.49. The van der Waals surface area contributed by atoms with Crippen molar-refractivity contribution < 1.29 is 14.3 Å². The van der Waals surface area contributed by atoms with Crippen LogP contribution in [0.5, 0.6) is 0 Å². The lowest BCUT2D eigenvalue weighted by molar-refractivity contribution is -0.170. The first-order valence-electron chi connectivity index (χ1n) is 7.80. The normalized spacial score (nSPS) is 25.5. The van der Waals surface area contributed by atoms with Gasteiger partial charge in [0.25, 0.3) is 0 Å². The van der Waals surface area contributed by atoms with E-state index in [1.165, 1.54) is 0 Å². The van der Waals surface area contributed by atoms with Crippen LogP contribution in [0.15, 0.2) is 24.3 Å². The Kier molecular flexibility index (Phi) is 4.77. The van der Waals surface area contributed by atoms with Gasteiger partial charge in [-0.25, -0.2) is 0 Å². The molecule has 6 heteroatoms. The Labute approximate surface area is 136 Å². The van der Waals surface area contributed by atoms with Crippen LogP contribution < -0.4 is 16.8 Å². The van der Waals surface area contributed by atoms with Gasteiger partial charge in [0.2, 0.25) is 11.8 Å². The smallest absolute Gasteiger partial charge is 0.248 e. The molecular formula is C17H25N3O3. The van der Waals surface area contributed by atoms with E-state index < -0.39 is 16.9 Å². The zero-order valence-electron chi connectivity index (χ0n) is 13.9. The number of hydrogen-bond acceptors (Lipinski definition) is 4. The summed E-state index contributed by atoms with van der Waals surface area (Å²) in [5.41, 5.74) is 11.5. The number of carbonyl (C=O) groups excluding carboxylic acids is 2. The number of primary amides is 1. The zero-order chi connectivity index (χ0) is 17.3. The molecule has 126 valence electrons. The molecule has 0 aliphatic heterocycles. The molecule has 0 aromatic heterocycles. The van der Waals surface area contributed by atoms with Gasteiger partial charge >= 0.3 is 0 Å². The molecule has 1 aromatic rings. The van der Waals surface area contributed by atoms with Crippen molar-refractivity contribution in [3.63, 3.8) is 0 Å². The third-order valence-electron chi connectivity index (χ3n) is 4.93. The monoisotopic (exact) mass is 319 g/mol. The Morgan fingerprint density at radius 3 is 2.39 bits per heavy atom. The van der Waals surface area contributed by atoms with Gasteiger partial charge < -0.3 is 21.5 Å². The van der Waals surface area contributed by atoms with Gasteiger partial charge in [-0.3, -0.25) is 9.59 Å². The molecular weight excluding hydrogens is 294 g/mol. The summed E-state index contributed by atoms with van der Waals surface area (Å²) in [5.74, 6) is -0.655. The standard InChI is InChI=1S/C17H25N3O3/c1-4-23-13-9-17(19,16(13,2)3)15(22)20-10-11-5-7-12(8-6-11)14(18)21/h5-8,13H,4,9-10,19H2,1-3H3,(H2,18,21)(H,20,22). The minimum absolute atomic E-state index is 0.00176. The predicted octanol–water partition coefficient (Wildman–Crippen LogP) is 0.934. The fourth-order valence-corrected chi connectivity index (χ4v) is 2.95. The number of nitrogens with one attached hydrogen (secondary N) is 1. The van der Waals surface area contributed by atoms with Gasteiger partial charge in [-0.05, 0) is 24.6 Å². The Morgan fingerprint density at radius 1 is 1.30 bits per heavy atom. The summed E-state index contributed by atoms with van der Waals surface area (Å²) in [7, 11) is 0. The van der Waals surface area contributed by atoms with Crippen molar-refractivity contribution in [2.24, 2.45) is 16.9 Å². The SMILES string of the molecule is CCOC1CC(N)(C(=O)NCc2ccc(C(N)=O)cc2)C1(C)C. The first-order valence-corrected chi connectivity index (χ1v) is 7.80. The Morgan fingerprint density at radius 2 is 1.91 bits per heavy atom. The van der Waals surface area contributed by atoms with E-state index >= 15 is 0 Å². The summed E-state index contributed by atoms with van der Waals surface area (Å²) in [6.45, 7) is 6.81. The highest BCUT2D eigenvalue weighted by atomic mass is 16.5. The quantitative estimate of drug-likeness (QED) is 0.725. The van der Waals surface area contributed by atoms with Crippen LogP contribution >= 0.6 is 0 Å². The predicted molar refractivity (Wildman–Crippen MR) is 87.5 cm³/mol. The lowest BCUT2D eigenvalue weighted by Crippen LogP contribution is -2.75. The van der Waals surface area contributed by atoms with Crippen LogP contribution in [0.4, 0.5) is 0 Å². The first kappa shape index (κ1) is 17.4. The lowest BCUT2D eigenvalue weighted by Gasteiger charge is -2.57. The van der Waals surface area contributed by atoms with E-state index in [2.05, 4.69) is 5.32 Å². The second-order valence-corrected chi connectivity index (χ2v) is 6.59. The lowest BCUT2D eigenvalue weighted by atomic mass is 9.54. The second kappa shape index (κ2) is 6.29. The minimum Gasteiger partial charge on any atom is -0.378 e. The van der Waals surface area contributed by atoms with Crippen LogP contribution in [-0.2, 0) is 16.1 Å². The number of hydrogen-bond donors (Lipinski definition) is 3. The highest BCUT2D eigenvalue weighted by molar-refractivity contribution is 5.92. The molecule has 0 saturated heterocycles. The molecule has 2 unspecified atom stereocenters. The fraction of sp³-hybridized carbons (Fsp3) is 0.529. The van der Waals surface area contributed by atoms with Gasteiger partial charge in [0.15, 0.2) is 0 Å². The van der Waals surface area contributed by atoms with Gasteiger partial charge in [0, 0.05) is 30.6 Å². The van der Waals surface area contributed by atoms with Crippen LogP contribution in [0.2, 0.25) is 0 Å². The van der Waals surface area contributed by atoms with Crippen molar-refractivity contribution in [1.82, 2.24) is 5.32 Å². The molecule has 2 rings (SSSR count). The summed E-state index contributed by atoms with van der Waals surface area (Å²) in [6.07, 6.45) is 0.512. The van der Waals surface area contributed by atoms with Gasteiger partial charge in [0.05, 0.1) is 6.10 Å². The van der Waals surface area contributed by atoms with E-state index in [1.807, 2.05) is 20.8 Å². The highest BCUT2D eigenvalue weighted by Gasteiger charge is 2.62. The summed E-state index contributed by atoms with van der Waals surface area (Å²) in [4.78, 5) is 23.5. The Balaban J connectivity index is 1.96. The third-order valence-corrected chi connectivity index (χ3v) is 4.93. The summed E-state index contributed by atoms with van der Waals surface area (Å²) in [6, 6.07) is 6.80. The maximum Gasteiger partial charge on any atom is 0.248 e. The summed E-state index contributed by atoms with van der Waals surface area (Å²) in [5, 5.41) is 2.87. The van der Waals surface area contributed by atoms with E-state index in [-0.39, 0.29) is 12.0 Å². The molecule has 0 heterocycles. The fourth-order valence-electron chi connectivity index (χ4n) is 2.95. The van der Waals surface area contributed by atoms with Crippen LogP contribution in [0.25, 0.3) is 0 Å². The molecule has 1 aliphatic rings. The molecule has 1 saturated carbocycles. The van der Waals surface area contributed by atoms with E-state index in [0.29, 0.717) is 25.1 Å². The largest absolute Gasteiger partial charge is 0.378 e. The molecule has 5 N–H and O–H groups in total. The van der Waals surface area contributed by atoms with Crippen molar-refractivity contribution in [2.45, 2.75) is 45.4 Å². The van der Waals surface area contributed by atoms with Crippen LogP contribution in [0.3, 0.4) is 0 Å². The molecule has 6 nitrogen and oxygen atoms in total. The number of benzene rings is 1. The zero-order valence-corrected chi connectivity index (χ0v) is 13.9. The van der Waals surface area contributed by atoms with E-state index in [9.17, 15) is 9.59 Å². The Hall–Kier alpha value is -1.92. The molecule has 0 spiro atoms. The molecule has 0 radical (unpaired) electrons. The average molecular weight is 319 g/mol. The molecule has 1 fully saturated rings.